The summed E-state index contributed by atoms with van der Waals surface area (Å²) in [5.41, 5.74) is 2.32. The molecule has 1 heterocycles. The molecule has 3 aromatic rings. The third-order valence-electron chi connectivity index (χ3n) is 4.03. The Kier molecular flexibility index (Phi) is 6.04. The van der Waals surface area contributed by atoms with Crippen molar-refractivity contribution in [2.75, 3.05) is 0 Å². The summed E-state index contributed by atoms with van der Waals surface area (Å²) in [4.78, 5) is 21.5. The number of carbonyl (C=O) groups excluding carboxylic acids is 1. The van der Waals surface area contributed by atoms with Gasteiger partial charge in [-0.2, -0.15) is 0 Å². The Morgan fingerprint density at radius 3 is 2.29 bits per heavy atom. The molecule has 1 amide bonds. The predicted octanol–water partition coefficient (Wildman–Crippen LogP) is 4.95. The molecule has 1 atom stereocenters. The lowest BCUT2D eigenvalue weighted by molar-refractivity contribution is 0.0501. The molecule has 3 rings (SSSR count). The normalized spacial score (nSPS) is 12.2. The summed E-state index contributed by atoms with van der Waals surface area (Å²) in [6.07, 6.45) is 1.81. The fourth-order valence-electron chi connectivity index (χ4n) is 2.82. The van der Waals surface area contributed by atoms with E-state index in [2.05, 4.69) is 10.3 Å². The van der Waals surface area contributed by atoms with Gasteiger partial charge in [-0.25, -0.2) is 14.8 Å². The lowest BCUT2D eigenvalue weighted by Crippen LogP contribution is -2.36. The van der Waals surface area contributed by atoms with Gasteiger partial charge in [0, 0.05) is 18.2 Å². The zero-order chi connectivity index (χ0) is 20.0. The third-order valence-corrected chi connectivity index (χ3v) is 4.03. The second kappa shape index (κ2) is 8.65. The van der Waals surface area contributed by atoms with Crippen molar-refractivity contribution in [3.8, 4) is 11.3 Å². The van der Waals surface area contributed by atoms with Gasteiger partial charge < -0.3 is 10.1 Å². The minimum Gasteiger partial charge on any atom is -0.444 e. The summed E-state index contributed by atoms with van der Waals surface area (Å²) < 4.78 is 5.44. The maximum atomic E-state index is 12.4. The highest BCUT2D eigenvalue weighted by Crippen LogP contribution is 2.21. The minimum absolute atomic E-state index is 0.402. The summed E-state index contributed by atoms with van der Waals surface area (Å²) in [6, 6.07) is 21.3. The Bertz CT molecular complexity index is 906. The van der Waals surface area contributed by atoms with E-state index < -0.39 is 17.7 Å². The summed E-state index contributed by atoms with van der Waals surface area (Å²) >= 11 is 0. The molecule has 0 bridgehead atoms. The number of hydrogen-bond acceptors (Lipinski definition) is 4. The number of benzene rings is 2. The molecule has 0 aliphatic heterocycles. The first-order valence-corrected chi connectivity index (χ1v) is 9.32. The van der Waals surface area contributed by atoms with Crippen molar-refractivity contribution in [2.24, 2.45) is 0 Å². The second-order valence-electron chi connectivity index (χ2n) is 7.55. The maximum Gasteiger partial charge on any atom is 0.408 e. The molecule has 0 saturated carbocycles. The second-order valence-corrected chi connectivity index (χ2v) is 7.55. The highest BCUT2D eigenvalue weighted by atomic mass is 16.6. The average molecular weight is 375 g/mol. The molecule has 0 saturated heterocycles. The molecular formula is C23H25N3O2. The highest BCUT2D eigenvalue weighted by Gasteiger charge is 2.23. The lowest BCUT2D eigenvalue weighted by atomic mass is 10.0. The number of ether oxygens (including phenoxy) is 1. The Hall–Kier alpha value is -3.21. The van der Waals surface area contributed by atoms with Crippen LogP contribution < -0.4 is 5.32 Å². The fourth-order valence-corrected chi connectivity index (χ4v) is 2.82. The van der Waals surface area contributed by atoms with Crippen LogP contribution in [0.2, 0.25) is 0 Å². The Morgan fingerprint density at radius 2 is 1.64 bits per heavy atom. The van der Waals surface area contributed by atoms with Crippen LogP contribution in [0, 0.1) is 0 Å². The van der Waals surface area contributed by atoms with E-state index in [1.165, 1.54) is 0 Å². The molecule has 0 fully saturated rings. The zero-order valence-corrected chi connectivity index (χ0v) is 16.4. The first-order valence-electron chi connectivity index (χ1n) is 9.32. The predicted molar refractivity (Wildman–Crippen MR) is 110 cm³/mol. The molecule has 0 aliphatic carbocycles. The largest absolute Gasteiger partial charge is 0.444 e. The third kappa shape index (κ3) is 5.64. The molecule has 0 aliphatic rings. The van der Waals surface area contributed by atoms with Gasteiger partial charge in [-0.05, 0) is 32.4 Å². The molecule has 5 heteroatoms. The molecule has 5 nitrogen and oxygen atoms in total. The van der Waals surface area contributed by atoms with Crippen LogP contribution in [0.25, 0.3) is 11.3 Å². The van der Waals surface area contributed by atoms with E-state index in [1.807, 2.05) is 87.5 Å². The van der Waals surface area contributed by atoms with E-state index in [4.69, 9.17) is 9.72 Å². The van der Waals surface area contributed by atoms with Gasteiger partial charge in [-0.15, -0.1) is 0 Å². The topological polar surface area (TPSA) is 64.1 Å². The molecule has 1 aromatic heterocycles. The van der Waals surface area contributed by atoms with Crippen molar-refractivity contribution < 1.29 is 9.53 Å². The van der Waals surface area contributed by atoms with E-state index in [0.717, 1.165) is 16.8 Å². The van der Waals surface area contributed by atoms with Gasteiger partial charge >= 0.3 is 6.09 Å². The van der Waals surface area contributed by atoms with Crippen LogP contribution >= 0.6 is 0 Å². The molecule has 28 heavy (non-hydrogen) atoms. The average Bonchev–Trinajstić information content (AvgIpc) is 2.68. The van der Waals surface area contributed by atoms with Gasteiger partial charge in [0.15, 0.2) is 5.82 Å². The van der Waals surface area contributed by atoms with Crippen LogP contribution in [0.5, 0.6) is 0 Å². The van der Waals surface area contributed by atoms with Crippen molar-refractivity contribution in [2.45, 2.75) is 38.8 Å². The SMILES string of the molecule is CC(C)(C)OC(=O)N[C@@H](Cc1ccccc1)c1nccc(-c2ccccc2)n1. The van der Waals surface area contributed by atoms with E-state index in [0.29, 0.717) is 12.2 Å². The monoisotopic (exact) mass is 375 g/mol. The van der Waals surface area contributed by atoms with Crippen molar-refractivity contribution in [3.63, 3.8) is 0 Å². The summed E-state index contributed by atoms with van der Waals surface area (Å²) in [6.45, 7) is 5.52. The number of carbonyl (C=O) groups is 1. The first kappa shape index (κ1) is 19.5. The molecule has 0 unspecified atom stereocenters. The van der Waals surface area contributed by atoms with Crippen molar-refractivity contribution in [3.05, 3.63) is 84.3 Å². The fraction of sp³-hybridized carbons (Fsp3) is 0.261. The molecule has 1 N–H and O–H groups in total. The van der Waals surface area contributed by atoms with Gasteiger partial charge in [0.25, 0.3) is 0 Å². The van der Waals surface area contributed by atoms with Crippen LogP contribution in [0.3, 0.4) is 0 Å². The molecule has 0 spiro atoms. The Labute approximate surface area is 165 Å². The number of rotatable bonds is 5. The highest BCUT2D eigenvalue weighted by molar-refractivity contribution is 5.68. The quantitative estimate of drug-likeness (QED) is 0.685. The molecule has 2 aromatic carbocycles. The Morgan fingerprint density at radius 1 is 1.00 bits per heavy atom. The number of aromatic nitrogens is 2. The summed E-state index contributed by atoms with van der Waals surface area (Å²) in [5, 5.41) is 2.93. The molecular weight excluding hydrogens is 350 g/mol. The van der Waals surface area contributed by atoms with Crippen LogP contribution in [0.4, 0.5) is 4.79 Å². The first-order chi connectivity index (χ1) is 13.4. The number of amides is 1. The number of nitrogens with one attached hydrogen (secondary N) is 1. The van der Waals surface area contributed by atoms with Crippen LogP contribution in [-0.4, -0.2) is 21.7 Å². The number of alkyl carbamates (subject to hydrolysis) is 1. The lowest BCUT2D eigenvalue weighted by Gasteiger charge is -2.23. The molecule has 144 valence electrons. The van der Waals surface area contributed by atoms with Gasteiger partial charge in [0.2, 0.25) is 0 Å². The molecule has 0 radical (unpaired) electrons. The van der Waals surface area contributed by atoms with Gasteiger partial charge in [-0.3, -0.25) is 0 Å². The maximum absolute atomic E-state index is 12.4. The van der Waals surface area contributed by atoms with Crippen molar-refractivity contribution >= 4 is 6.09 Å². The summed E-state index contributed by atoms with van der Waals surface area (Å²) in [5.74, 6) is 0.552. The van der Waals surface area contributed by atoms with Crippen LogP contribution in [0.1, 0.15) is 38.2 Å². The number of nitrogens with zero attached hydrogens (tertiary/aromatic N) is 2. The number of hydrogen-bond donors (Lipinski definition) is 1. The standard InChI is InChI=1S/C23H25N3O2/c1-23(2,3)28-22(27)26-20(16-17-10-6-4-7-11-17)21-24-15-14-19(25-21)18-12-8-5-9-13-18/h4-15,20H,16H2,1-3H3,(H,26,27)/t20-/m0/s1. The van der Waals surface area contributed by atoms with Gasteiger partial charge in [0.05, 0.1) is 11.7 Å². The van der Waals surface area contributed by atoms with E-state index >= 15 is 0 Å². The minimum atomic E-state index is -0.575. The van der Waals surface area contributed by atoms with Crippen LogP contribution in [0.15, 0.2) is 72.9 Å². The van der Waals surface area contributed by atoms with Crippen molar-refractivity contribution in [1.82, 2.24) is 15.3 Å². The van der Waals surface area contributed by atoms with E-state index in [9.17, 15) is 4.79 Å². The zero-order valence-electron chi connectivity index (χ0n) is 16.4. The summed E-state index contributed by atoms with van der Waals surface area (Å²) in [7, 11) is 0. The van der Waals surface area contributed by atoms with Gasteiger partial charge in [-0.1, -0.05) is 60.7 Å². The van der Waals surface area contributed by atoms with Gasteiger partial charge in [0.1, 0.15) is 5.60 Å². The van der Waals surface area contributed by atoms with Crippen molar-refractivity contribution in [1.29, 1.82) is 0 Å². The smallest absolute Gasteiger partial charge is 0.408 e. The van der Waals surface area contributed by atoms with E-state index in [1.54, 1.807) is 6.20 Å². The van der Waals surface area contributed by atoms with E-state index in [-0.39, 0.29) is 0 Å². The Balaban J connectivity index is 1.88. The van der Waals surface area contributed by atoms with Crippen LogP contribution in [-0.2, 0) is 11.2 Å².